The van der Waals surface area contributed by atoms with Gasteiger partial charge in [-0.1, -0.05) is 19.1 Å². The second kappa shape index (κ2) is 7.02. The smallest absolute Gasteiger partial charge is 0.0187 e. The Hall–Kier alpha value is -0.340. The lowest BCUT2D eigenvalue weighted by molar-refractivity contribution is 0.298. The Labute approximate surface area is 95.7 Å². The van der Waals surface area contributed by atoms with Crippen molar-refractivity contribution < 1.29 is 0 Å². The first kappa shape index (κ1) is 14.7. The van der Waals surface area contributed by atoms with Gasteiger partial charge in [-0.05, 0) is 53.8 Å². The predicted octanol–water partition coefficient (Wildman–Crippen LogP) is 2.66. The average molecular weight is 212 g/mol. The monoisotopic (exact) mass is 212 g/mol. The van der Waals surface area contributed by atoms with E-state index in [0.29, 0.717) is 0 Å². The van der Waals surface area contributed by atoms with Gasteiger partial charge < -0.3 is 5.32 Å². The highest BCUT2D eigenvalue weighted by Gasteiger charge is 2.08. The van der Waals surface area contributed by atoms with Gasteiger partial charge in [0, 0.05) is 12.1 Å². The van der Waals surface area contributed by atoms with Gasteiger partial charge in [-0.2, -0.15) is 0 Å². The summed E-state index contributed by atoms with van der Waals surface area (Å²) in [4.78, 5) is 2.44. The predicted molar refractivity (Wildman–Crippen MR) is 69.3 cm³/mol. The molecule has 0 saturated heterocycles. The maximum absolute atomic E-state index is 3.95. The van der Waals surface area contributed by atoms with E-state index in [9.17, 15) is 0 Å². The minimum atomic E-state index is 0.241. The lowest BCUT2D eigenvalue weighted by atomic mass is 10.1. The summed E-state index contributed by atoms with van der Waals surface area (Å²) in [5.41, 5.74) is 1.49. The number of rotatable bonds is 7. The zero-order chi connectivity index (χ0) is 11.9. The van der Waals surface area contributed by atoms with E-state index in [1.54, 1.807) is 0 Å². The maximum Gasteiger partial charge on any atom is 0.0187 e. The molecule has 2 heteroatoms. The van der Waals surface area contributed by atoms with Gasteiger partial charge in [0.1, 0.15) is 0 Å². The van der Waals surface area contributed by atoms with E-state index in [-0.39, 0.29) is 5.54 Å². The fourth-order valence-corrected chi connectivity index (χ4v) is 1.50. The molecule has 0 aliphatic rings. The lowest BCUT2D eigenvalue weighted by Gasteiger charge is -2.23. The van der Waals surface area contributed by atoms with E-state index in [4.69, 9.17) is 0 Å². The summed E-state index contributed by atoms with van der Waals surface area (Å²) in [7, 11) is 0. The van der Waals surface area contributed by atoms with Gasteiger partial charge in [-0.25, -0.2) is 0 Å². The molecular formula is C13H28N2. The number of nitrogens with zero attached hydrogens (tertiary/aromatic N) is 1. The van der Waals surface area contributed by atoms with Crippen LogP contribution in [-0.2, 0) is 0 Å². The standard InChI is InChI=1S/C13H28N2/c1-7-15(11-12(2)3)10-8-9-14-13(4,5)6/h14H,2,7-11H2,1,3-6H3. The van der Waals surface area contributed by atoms with Crippen LogP contribution >= 0.6 is 0 Å². The molecule has 1 N–H and O–H groups in total. The van der Waals surface area contributed by atoms with Gasteiger partial charge in [-0.3, -0.25) is 4.90 Å². The molecule has 0 aromatic rings. The zero-order valence-electron chi connectivity index (χ0n) is 11.2. The molecule has 0 aliphatic heterocycles. The van der Waals surface area contributed by atoms with E-state index in [0.717, 1.165) is 26.2 Å². The zero-order valence-corrected chi connectivity index (χ0v) is 11.2. The SMILES string of the molecule is C=C(C)CN(CC)CCCNC(C)(C)C. The van der Waals surface area contributed by atoms with Gasteiger partial charge in [0.15, 0.2) is 0 Å². The summed E-state index contributed by atoms with van der Waals surface area (Å²) in [6, 6.07) is 0. The molecule has 0 rings (SSSR count). The first-order chi connectivity index (χ1) is 6.85. The van der Waals surface area contributed by atoms with Gasteiger partial charge in [0.2, 0.25) is 0 Å². The molecule has 0 aromatic carbocycles. The summed E-state index contributed by atoms with van der Waals surface area (Å²) in [5, 5.41) is 3.51. The van der Waals surface area contributed by atoms with Crippen LogP contribution in [0.4, 0.5) is 0 Å². The van der Waals surface area contributed by atoms with E-state index < -0.39 is 0 Å². The third kappa shape index (κ3) is 9.95. The van der Waals surface area contributed by atoms with Gasteiger partial charge >= 0.3 is 0 Å². The molecule has 0 bridgehead atoms. The highest BCUT2D eigenvalue weighted by molar-refractivity contribution is 4.91. The van der Waals surface area contributed by atoms with E-state index >= 15 is 0 Å². The summed E-state index contributed by atoms with van der Waals surface area (Å²) in [6.45, 7) is 19.3. The van der Waals surface area contributed by atoms with Crippen molar-refractivity contribution in [2.24, 2.45) is 0 Å². The lowest BCUT2D eigenvalue weighted by Crippen LogP contribution is -2.38. The molecule has 90 valence electrons. The Morgan fingerprint density at radius 2 is 1.93 bits per heavy atom. The Kier molecular flexibility index (Phi) is 6.86. The fourth-order valence-electron chi connectivity index (χ4n) is 1.50. The Morgan fingerprint density at radius 3 is 2.33 bits per heavy atom. The summed E-state index contributed by atoms with van der Waals surface area (Å²) in [5.74, 6) is 0. The average Bonchev–Trinajstić information content (AvgIpc) is 2.08. The molecule has 0 saturated carbocycles. The van der Waals surface area contributed by atoms with Crippen molar-refractivity contribution >= 4 is 0 Å². The molecule has 2 nitrogen and oxygen atoms in total. The Bertz CT molecular complexity index is 179. The van der Waals surface area contributed by atoms with Crippen molar-refractivity contribution in [3.63, 3.8) is 0 Å². The van der Waals surface area contributed by atoms with Crippen LogP contribution in [0.15, 0.2) is 12.2 Å². The minimum Gasteiger partial charge on any atom is -0.312 e. The normalized spacial score (nSPS) is 12.1. The topological polar surface area (TPSA) is 15.3 Å². The van der Waals surface area contributed by atoms with E-state index in [1.807, 2.05) is 0 Å². The number of hydrogen-bond donors (Lipinski definition) is 1. The van der Waals surface area contributed by atoms with Crippen molar-refractivity contribution in [3.05, 3.63) is 12.2 Å². The number of likely N-dealkylation sites (N-methyl/N-ethyl adjacent to an activating group) is 1. The molecule has 0 aliphatic carbocycles. The van der Waals surface area contributed by atoms with Crippen LogP contribution in [0.2, 0.25) is 0 Å². The van der Waals surface area contributed by atoms with Crippen LogP contribution in [0.25, 0.3) is 0 Å². The fraction of sp³-hybridized carbons (Fsp3) is 0.846. The van der Waals surface area contributed by atoms with Crippen LogP contribution in [0.1, 0.15) is 41.0 Å². The molecule has 0 unspecified atom stereocenters. The maximum atomic E-state index is 3.95. The molecule has 0 heterocycles. The second-order valence-corrected chi connectivity index (χ2v) is 5.36. The molecule has 0 atom stereocenters. The van der Waals surface area contributed by atoms with Crippen molar-refractivity contribution in [1.82, 2.24) is 10.2 Å². The van der Waals surface area contributed by atoms with Crippen molar-refractivity contribution in [2.45, 2.75) is 46.6 Å². The quantitative estimate of drug-likeness (QED) is 0.515. The minimum absolute atomic E-state index is 0.241. The number of nitrogens with one attached hydrogen (secondary N) is 1. The third-order valence-electron chi connectivity index (χ3n) is 2.25. The molecular weight excluding hydrogens is 184 g/mol. The summed E-state index contributed by atoms with van der Waals surface area (Å²) >= 11 is 0. The van der Waals surface area contributed by atoms with Crippen LogP contribution < -0.4 is 5.32 Å². The first-order valence-corrected chi connectivity index (χ1v) is 5.97. The molecule has 0 fully saturated rings. The molecule has 0 spiro atoms. The Balaban J connectivity index is 3.59. The first-order valence-electron chi connectivity index (χ1n) is 5.97. The van der Waals surface area contributed by atoms with Crippen LogP contribution in [-0.4, -0.2) is 36.6 Å². The van der Waals surface area contributed by atoms with Crippen molar-refractivity contribution in [1.29, 1.82) is 0 Å². The van der Waals surface area contributed by atoms with Crippen LogP contribution in [0, 0.1) is 0 Å². The van der Waals surface area contributed by atoms with E-state index in [1.165, 1.54) is 12.0 Å². The van der Waals surface area contributed by atoms with Gasteiger partial charge in [-0.15, -0.1) is 0 Å². The van der Waals surface area contributed by atoms with Crippen molar-refractivity contribution in [2.75, 3.05) is 26.2 Å². The van der Waals surface area contributed by atoms with Crippen molar-refractivity contribution in [3.8, 4) is 0 Å². The van der Waals surface area contributed by atoms with Crippen LogP contribution in [0.5, 0.6) is 0 Å². The van der Waals surface area contributed by atoms with Crippen LogP contribution in [0.3, 0.4) is 0 Å². The molecule has 0 aromatic heterocycles. The number of hydrogen-bond acceptors (Lipinski definition) is 2. The van der Waals surface area contributed by atoms with Gasteiger partial charge in [0.25, 0.3) is 0 Å². The van der Waals surface area contributed by atoms with E-state index in [2.05, 4.69) is 51.4 Å². The summed E-state index contributed by atoms with van der Waals surface area (Å²) in [6.07, 6.45) is 1.21. The third-order valence-corrected chi connectivity index (χ3v) is 2.25. The second-order valence-electron chi connectivity index (χ2n) is 5.36. The highest BCUT2D eigenvalue weighted by Crippen LogP contribution is 2.00. The largest absolute Gasteiger partial charge is 0.312 e. The van der Waals surface area contributed by atoms with Gasteiger partial charge in [0.05, 0.1) is 0 Å². The molecule has 0 amide bonds. The Morgan fingerprint density at radius 1 is 1.33 bits per heavy atom. The molecule has 15 heavy (non-hydrogen) atoms. The summed E-state index contributed by atoms with van der Waals surface area (Å²) < 4.78 is 0. The molecule has 0 radical (unpaired) electrons. The highest BCUT2D eigenvalue weighted by atomic mass is 15.1.